The number of carbonyl (C=O) groups excluding carboxylic acids is 2. The van der Waals surface area contributed by atoms with Crippen LogP contribution in [0.4, 0.5) is 0 Å². The normalized spacial score (nSPS) is 9.09. The van der Waals surface area contributed by atoms with Crippen LogP contribution >= 0.6 is 0 Å². The van der Waals surface area contributed by atoms with Gasteiger partial charge in [0.25, 0.3) is 0 Å². The van der Waals surface area contributed by atoms with E-state index in [4.69, 9.17) is 11.1 Å². The average molecular weight is 302 g/mol. The van der Waals surface area contributed by atoms with Crippen LogP contribution in [-0.4, -0.2) is 24.9 Å². The Morgan fingerprint density at radius 1 is 0.955 bits per heavy atom. The van der Waals surface area contributed by atoms with Crippen LogP contribution in [0.5, 0.6) is 0 Å². The lowest BCUT2D eigenvalue weighted by molar-refractivity contribution is -0.120. The van der Waals surface area contributed by atoms with Crippen molar-refractivity contribution >= 4 is 11.8 Å². The van der Waals surface area contributed by atoms with Gasteiger partial charge in [-0.05, 0) is 22.2 Å². The van der Waals surface area contributed by atoms with Crippen molar-refractivity contribution in [2.45, 2.75) is 13.1 Å². The molecule has 0 aromatic heterocycles. The first kappa shape index (κ1) is 16.8. The molecule has 0 spiro atoms. The molecule has 0 atom stereocenters. The second kappa shape index (κ2) is 9.65. The molecule has 1 aromatic rings. The van der Waals surface area contributed by atoms with Gasteiger partial charge in [-0.1, -0.05) is 34.5 Å². The number of benzene rings is 1. The highest BCUT2D eigenvalue weighted by atomic mass is 16.2. The third kappa shape index (κ3) is 6.80. The topological polar surface area (TPSA) is 156 Å². The average Bonchev–Trinajstić information content (AvgIpc) is 2.54. The number of rotatable bonds is 8. The van der Waals surface area contributed by atoms with E-state index >= 15 is 0 Å². The van der Waals surface area contributed by atoms with Crippen molar-refractivity contribution in [3.05, 3.63) is 56.3 Å². The summed E-state index contributed by atoms with van der Waals surface area (Å²) in [5.74, 6) is -0.739. The van der Waals surface area contributed by atoms with Crippen molar-refractivity contribution in [1.29, 1.82) is 0 Å². The molecule has 0 saturated carbocycles. The number of carbonyl (C=O) groups is 2. The van der Waals surface area contributed by atoms with E-state index in [0.717, 1.165) is 11.1 Å². The van der Waals surface area contributed by atoms with Gasteiger partial charge in [0.2, 0.25) is 11.8 Å². The highest BCUT2D eigenvalue weighted by molar-refractivity contribution is 5.78. The van der Waals surface area contributed by atoms with Crippen LogP contribution < -0.4 is 10.6 Å². The van der Waals surface area contributed by atoms with Crippen LogP contribution in [0.1, 0.15) is 11.1 Å². The molecular weight excluding hydrogens is 288 g/mol. The number of nitrogens with one attached hydrogen (secondary N) is 2. The molecule has 0 heterocycles. The Morgan fingerprint density at radius 2 is 1.41 bits per heavy atom. The lowest BCUT2D eigenvalue weighted by atomic mass is 10.1. The first-order valence-electron chi connectivity index (χ1n) is 6.28. The van der Waals surface area contributed by atoms with Crippen molar-refractivity contribution in [3.63, 3.8) is 0 Å². The number of azide groups is 2. The van der Waals surface area contributed by atoms with Crippen LogP contribution in [0.25, 0.3) is 20.9 Å². The number of hydrogen-bond donors (Lipinski definition) is 2. The van der Waals surface area contributed by atoms with Crippen LogP contribution in [0.3, 0.4) is 0 Å². The summed E-state index contributed by atoms with van der Waals surface area (Å²) in [4.78, 5) is 27.6. The quantitative estimate of drug-likeness (QED) is 0.424. The molecule has 2 amide bonds. The maximum absolute atomic E-state index is 11.3. The summed E-state index contributed by atoms with van der Waals surface area (Å²) in [6, 6.07) is 7.25. The molecule has 0 saturated heterocycles. The standard InChI is InChI=1S/C12H14N8O2/c13-19-17-7-11(21)15-5-9-2-1-3-10(4-9)6-16-12(22)8-18-20-14/h1-4H,5-8H2,(H,15,21)(H,16,22). The number of amides is 2. The van der Waals surface area contributed by atoms with E-state index in [9.17, 15) is 9.59 Å². The van der Waals surface area contributed by atoms with Crippen LogP contribution in [0, 0.1) is 0 Å². The number of nitrogens with zero attached hydrogens (tertiary/aromatic N) is 6. The summed E-state index contributed by atoms with van der Waals surface area (Å²) >= 11 is 0. The summed E-state index contributed by atoms with van der Waals surface area (Å²) in [6.07, 6.45) is 0. The minimum atomic E-state index is -0.370. The van der Waals surface area contributed by atoms with E-state index in [0.29, 0.717) is 13.1 Å². The summed E-state index contributed by atoms with van der Waals surface area (Å²) in [5, 5.41) is 11.5. The molecule has 0 fully saturated rings. The van der Waals surface area contributed by atoms with Crippen LogP contribution in [-0.2, 0) is 22.7 Å². The predicted molar refractivity (Wildman–Crippen MR) is 78.2 cm³/mol. The second-order valence-electron chi connectivity index (χ2n) is 4.15. The van der Waals surface area contributed by atoms with Gasteiger partial charge in [0.15, 0.2) is 0 Å². The molecule has 0 bridgehead atoms. The highest BCUT2D eigenvalue weighted by Crippen LogP contribution is 2.05. The zero-order valence-corrected chi connectivity index (χ0v) is 11.6. The van der Waals surface area contributed by atoms with Gasteiger partial charge in [-0.2, -0.15) is 0 Å². The van der Waals surface area contributed by atoms with Gasteiger partial charge in [-0.3, -0.25) is 9.59 Å². The smallest absolute Gasteiger partial charge is 0.226 e. The van der Waals surface area contributed by atoms with E-state index in [1.807, 2.05) is 18.2 Å². The van der Waals surface area contributed by atoms with E-state index in [1.54, 1.807) is 6.07 Å². The Kier molecular flexibility index (Phi) is 7.38. The maximum Gasteiger partial charge on any atom is 0.226 e. The molecule has 22 heavy (non-hydrogen) atoms. The molecule has 1 rings (SSSR count). The third-order valence-electron chi connectivity index (χ3n) is 2.53. The Labute approximate surface area is 125 Å². The molecule has 0 aliphatic rings. The molecule has 1 aromatic carbocycles. The largest absolute Gasteiger partial charge is 0.352 e. The fourth-order valence-corrected chi connectivity index (χ4v) is 1.55. The zero-order valence-electron chi connectivity index (χ0n) is 11.6. The lowest BCUT2D eigenvalue weighted by Crippen LogP contribution is -2.26. The van der Waals surface area contributed by atoms with E-state index in [2.05, 4.69) is 30.7 Å². The first-order chi connectivity index (χ1) is 10.7. The Bertz CT molecular complexity index is 581. The summed E-state index contributed by atoms with van der Waals surface area (Å²) in [7, 11) is 0. The molecule has 0 aliphatic carbocycles. The molecule has 0 radical (unpaired) electrons. The molecule has 0 aliphatic heterocycles. The second-order valence-corrected chi connectivity index (χ2v) is 4.15. The maximum atomic E-state index is 11.3. The predicted octanol–water partition coefficient (Wildman–Crippen LogP) is 1.54. The highest BCUT2D eigenvalue weighted by Gasteiger charge is 2.02. The third-order valence-corrected chi connectivity index (χ3v) is 2.53. The number of hydrogen-bond acceptors (Lipinski definition) is 4. The molecule has 2 N–H and O–H groups in total. The van der Waals surface area contributed by atoms with Gasteiger partial charge in [-0.15, -0.1) is 0 Å². The Balaban J connectivity index is 2.48. The van der Waals surface area contributed by atoms with Gasteiger partial charge in [0.05, 0.1) is 0 Å². The first-order valence-corrected chi connectivity index (χ1v) is 6.28. The molecule has 10 nitrogen and oxygen atoms in total. The minimum absolute atomic E-state index is 0.244. The van der Waals surface area contributed by atoms with Crippen LogP contribution in [0.15, 0.2) is 34.5 Å². The van der Waals surface area contributed by atoms with E-state index in [1.165, 1.54) is 0 Å². The summed E-state index contributed by atoms with van der Waals surface area (Å²) in [6.45, 7) is 0.0951. The van der Waals surface area contributed by atoms with Gasteiger partial charge >= 0.3 is 0 Å². The molecule has 10 heteroatoms. The van der Waals surface area contributed by atoms with Crippen molar-refractivity contribution < 1.29 is 9.59 Å². The monoisotopic (exact) mass is 302 g/mol. The van der Waals surface area contributed by atoms with Gasteiger partial charge in [-0.25, -0.2) is 0 Å². The minimum Gasteiger partial charge on any atom is -0.352 e. The fraction of sp³-hybridized carbons (Fsp3) is 0.333. The molecular formula is C12H14N8O2. The lowest BCUT2D eigenvalue weighted by Gasteiger charge is -2.07. The summed E-state index contributed by atoms with van der Waals surface area (Å²) in [5.41, 5.74) is 17.9. The van der Waals surface area contributed by atoms with E-state index < -0.39 is 0 Å². The molecule has 0 unspecified atom stereocenters. The van der Waals surface area contributed by atoms with Crippen molar-refractivity contribution in [3.8, 4) is 0 Å². The molecule has 114 valence electrons. The van der Waals surface area contributed by atoms with Crippen molar-refractivity contribution in [2.24, 2.45) is 10.2 Å². The SMILES string of the molecule is [N-]=[N+]=NCC(=O)NCc1cccc(CNC(=O)CN=[N+]=[N-])c1. The van der Waals surface area contributed by atoms with Crippen molar-refractivity contribution in [2.75, 3.05) is 13.1 Å². The van der Waals surface area contributed by atoms with Gasteiger partial charge in [0.1, 0.15) is 13.1 Å². The summed E-state index contributed by atoms with van der Waals surface area (Å²) < 4.78 is 0. The van der Waals surface area contributed by atoms with Crippen LogP contribution in [0.2, 0.25) is 0 Å². The fourth-order valence-electron chi connectivity index (χ4n) is 1.55. The Morgan fingerprint density at radius 3 is 1.82 bits per heavy atom. The van der Waals surface area contributed by atoms with Gasteiger partial charge < -0.3 is 10.6 Å². The Hall–Kier alpha value is -3.22. The van der Waals surface area contributed by atoms with Gasteiger partial charge in [0, 0.05) is 22.9 Å². The van der Waals surface area contributed by atoms with E-state index in [-0.39, 0.29) is 24.9 Å². The zero-order chi connectivity index (χ0) is 16.2. The van der Waals surface area contributed by atoms with Crippen molar-refractivity contribution in [1.82, 2.24) is 10.6 Å².